The third kappa shape index (κ3) is 2.41. The van der Waals surface area contributed by atoms with Crippen molar-refractivity contribution in [3.8, 4) is 0 Å². The lowest BCUT2D eigenvalue weighted by Gasteiger charge is -2.18. The first-order valence-corrected chi connectivity index (χ1v) is 7.44. The van der Waals surface area contributed by atoms with Crippen molar-refractivity contribution in [2.45, 2.75) is 63.5 Å². The van der Waals surface area contributed by atoms with E-state index in [0.29, 0.717) is 12.0 Å². The molecule has 2 fully saturated rings. The van der Waals surface area contributed by atoms with Gasteiger partial charge in [-0.3, -0.25) is 0 Å². The highest BCUT2D eigenvalue weighted by molar-refractivity contribution is 5.07. The number of rotatable bonds is 4. The molecule has 1 aliphatic carbocycles. The van der Waals surface area contributed by atoms with Crippen molar-refractivity contribution < 1.29 is 9.26 Å². The second kappa shape index (κ2) is 5.21. The highest BCUT2D eigenvalue weighted by atomic mass is 16.5. The van der Waals surface area contributed by atoms with Gasteiger partial charge < -0.3 is 14.6 Å². The fraction of sp³-hybridized carbons (Fsp3) is 0.857. The summed E-state index contributed by atoms with van der Waals surface area (Å²) in [5.74, 6) is 1.88. The van der Waals surface area contributed by atoms with Crippen molar-refractivity contribution >= 4 is 0 Å². The van der Waals surface area contributed by atoms with Crippen LogP contribution in [0.5, 0.6) is 0 Å². The third-order valence-corrected chi connectivity index (χ3v) is 4.43. The van der Waals surface area contributed by atoms with E-state index < -0.39 is 0 Å². The lowest BCUT2D eigenvalue weighted by atomic mass is 10.0. The van der Waals surface area contributed by atoms with Crippen LogP contribution in [0.25, 0.3) is 0 Å². The fourth-order valence-corrected chi connectivity index (χ4v) is 3.32. The van der Waals surface area contributed by atoms with Gasteiger partial charge in [0.05, 0.1) is 5.92 Å². The van der Waals surface area contributed by atoms with Gasteiger partial charge in [-0.05, 0) is 39.2 Å². The number of nitrogens with zero attached hydrogens (tertiary/aromatic N) is 2. The minimum atomic E-state index is -0.339. The Morgan fingerprint density at radius 3 is 3.00 bits per heavy atom. The first kappa shape index (κ1) is 13.1. The van der Waals surface area contributed by atoms with Gasteiger partial charge in [0.25, 0.3) is 0 Å². The molecule has 1 saturated carbocycles. The van der Waals surface area contributed by atoms with Crippen LogP contribution in [-0.4, -0.2) is 29.3 Å². The van der Waals surface area contributed by atoms with Gasteiger partial charge in [0.2, 0.25) is 11.7 Å². The van der Waals surface area contributed by atoms with E-state index in [-0.39, 0.29) is 5.60 Å². The normalized spacial score (nSPS) is 35.1. The van der Waals surface area contributed by atoms with Crippen LogP contribution in [0, 0.1) is 0 Å². The second-order valence-electron chi connectivity index (χ2n) is 5.84. The van der Waals surface area contributed by atoms with E-state index in [1.807, 2.05) is 0 Å². The van der Waals surface area contributed by atoms with Crippen LogP contribution in [0.3, 0.4) is 0 Å². The van der Waals surface area contributed by atoms with Gasteiger partial charge in [-0.25, -0.2) is 0 Å². The summed E-state index contributed by atoms with van der Waals surface area (Å²) in [5.41, 5.74) is -0.339. The number of aromatic nitrogens is 2. The number of hydrogen-bond acceptors (Lipinski definition) is 5. The molecule has 2 aliphatic rings. The molecule has 3 atom stereocenters. The van der Waals surface area contributed by atoms with Gasteiger partial charge in [-0.1, -0.05) is 18.5 Å². The van der Waals surface area contributed by atoms with Gasteiger partial charge in [-0.15, -0.1) is 0 Å². The third-order valence-electron chi connectivity index (χ3n) is 4.43. The number of nitrogens with one attached hydrogen (secondary N) is 1. The fourth-order valence-electron chi connectivity index (χ4n) is 3.32. The van der Waals surface area contributed by atoms with Crippen molar-refractivity contribution in [2.24, 2.45) is 0 Å². The van der Waals surface area contributed by atoms with Gasteiger partial charge in [-0.2, -0.15) is 4.98 Å². The van der Waals surface area contributed by atoms with Crippen molar-refractivity contribution in [1.29, 1.82) is 0 Å². The SMILES string of the molecule is CCNC1CCCC1c1nc(C2(C)CCCO2)no1. The molecule has 1 aromatic heterocycles. The van der Waals surface area contributed by atoms with E-state index >= 15 is 0 Å². The molecule has 3 unspecified atom stereocenters. The summed E-state index contributed by atoms with van der Waals surface area (Å²) in [6.45, 7) is 5.99. The molecule has 1 aliphatic heterocycles. The summed E-state index contributed by atoms with van der Waals surface area (Å²) in [6.07, 6.45) is 5.62. The van der Waals surface area contributed by atoms with Crippen molar-refractivity contribution in [1.82, 2.24) is 15.5 Å². The van der Waals surface area contributed by atoms with E-state index in [1.54, 1.807) is 0 Å². The van der Waals surface area contributed by atoms with Crippen LogP contribution in [0.2, 0.25) is 0 Å². The Morgan fingerprint density at radius 1 is 1.37 bits per heavy atom. The molecule has 19 heavy (non-hydrogen) atoms. The molecule has 106 valence electrons. The predicted octanol–water partition coefficient (Wildman–Crippen LogP) is 2.34. The average molecular weight is 265 g/mol. The molecule has 0 aromatic carbocycles. The molecule has 1 N–H and O–H groups in total. The van der Waals surface area contributed by atoms with E-state index in [4.69, 9.17) is 9.26 Å². The van der Waals surface area contributed by atoms with Crippen LogP contribution in [0.1, 0.15) is 63.6 Å². The number of likely N-dealkylation sites (N-methyl/N-ethyl adjacent to an activating group) is 1. The molecule has 3 rings (SSSR count). The second-order valence-corrected chi connectivity index (χ2v) is 5.84. The lowest BCUT2D eigenvalue weighted by molar-refractivity contribution is 0.00768. The summed E-state index contributed by atoms with van der Waals surface area (Å²) in [5, 5.41) is 7.69. The maximum absolute atomic E-state index is 5.78. The van der Waals surface area contributed by atoms with Crippen LogP contribution in [0.15, 0.2) is 4.52 Å². The van der Waals surface area contributed by atoms with Gasteiger partial charge in [0, 0.05) is 12.6 Å². The molecule has 0 amide bonds. The van der Waals surface area contributed by atoms with Crippen LogP contribution in [-0.2, 0) is 10.3 Å². The van der Waals surface area contributed by atoms with E-state index in [0.717, 1.165) is 44.1 Å². The summed E-state index contributed by atoms with van der Waals surface area (Å²) in [6, 6.07) is 0.482. The van der Waals surface area contributed by atoms with E-state index in [1.165, 1.54) is 12.8 Å². The Bertz CT molecular complexity index is 426. The Kier molecular flexibility index (Phi) is 3.58. The van der Waals surface area contributed by atoms with E-state index in [9.17, 15) is 0 Å². The van der Waals surface area contributed by atoms with Crippen LogP contribution < -0.4 is 5.32 Å². The molecule has 1 saturated heterocycles. The summed E-state index contributed by atoms with van der Waals surface area (Å²) in [7, 11) is 0. The Labute approximate surface area is 114 Å². The number of hydrogen-bond donors (Lipinski definition) is 1. The molecular formula is C14H23N3O2. The Hall–Kier alpha value is -0.940. The molecule has 1 aromatic rings. The minimum absolute atomic E-state index is 0.339. The molecule has 0 radical (unpaired) electrons. The predicted molar refractivity (Wildman–Crippen MR) is 70.9 cm³/mol. The smallest absolute Gasteiger partial charge is 0.231 e. The van der Waals surface area contributed by atoms with Gasteiger partial charge in [0.15, 0.2) is 0 Å². The highest BCUT2D eigenvalue weighted by Crippen LogP contribution is 2.37. The first-order chi connectivity index (χ1) is 9.23. The highest BCUT2D eigenvalue weighted by Gasteiger charge is 2.39. The molecule has 5 nitrogen and oxygen atoms in total. The van der Waals surface area contributed by atoms with Gasteiger partial charge >= 0.3 is 0 Å². The minimum Gasteiger partial charge on any atom is -0.367 e. The average Bonchev–Trinajstić information content (AvgIpc) is 3.08. The summed E-state index contributed by atoms with van der Waals surface area (Å²) < 4.78 is 11.3. The molecule has 2 heterocycles. The quantitative estimate of drug-likeness (QED) is 0.905. The Balaban J connectivity index is 1.77. The van der Waals surface area contributed by atoms with E-state index in [2.05, 4.69) is 29.3 Å². The molecule has 0 bridgehead atoms. The van der Waals surface area contributed by atoms with Crippen LogP contribution >= 0.6 is 0 Å². The number of ether oxygens (including phenoxy) is 1. The topological polar surface area (TPSA) is 60.2 Å². The zero-order valence-corrected chi connectivity index (χ0v) is 11.8. The van der Waals surface area contributed by atoms with Crippen molar-refractivity contribution in [2.75, 3.05) is 13.2 Å². The largest absolute Gasteiger partial charge is 0.367 e. The lowest BCUT2D eigenvalue weighted by Crippen LogP contribution is -2.31. The summed E-state index contributed by atoms with van der Waals surface area (Å²) >= 11 is 0. The van der Waals surface area contributed by atoms with Gasteiger partial charge in [0.1, 0.15) is 5.60 Å². The Morgan fingerprint density at radius 2 is 2.26 bits per heavy atom. The molecule has 5 heteroatoms. The zero-order valence-electron chi connectivity index (χ0n) is 11.8. The summed E-state index contributed by atoms with van der Waals surface area (Å²) in [4.78, 5) is 4.64. The first-order valence-electron chi connectivity index (χ1n) is 7.44. The monoisotopic (exact) mass is 265 g/mol. The molecular weight excluding hydrogens is 242 g/mol. The molecule has 0 spiro atoms. The maximum atomic E-state index is 5.78. The van der Waals surface area contributed by atoms with Crippen molar-refractivity contribution in [3.05, 3.63) is 11.7 Å². The maximum Gasteiger partial charge on any atom is 0.231 e. The van der Waals surface area contributed by atoms with Crippen LogP contribution in [0.4, 0.5) is 0 Å². The zero-order chi connectivity index (χ0) is 13.3. The van der Waals surface area contributed by atoms with Crippen molar-refractivity contribution in [3.63, 3.8) is 0 Å². The standard InChI is InChI=1S/C14H23N3O2/c1-3-15-11-7-4-6-10(11)12-16-13(17-19-12)14(2)8-5-9-18-14/h10-11,15H,3-9H2,1-2H3.